The Kier molecular flexibility index (Phi) is 4.03. The lowest BCUT2D eigenvalue weighted by molar-refractivity contribution is -0.117. The molecule has 0 saturated carbocycles. The highest BCUT2D eigenvalue weighted by Crippen LogP contribution is 2.33. The van der Waals surface area contributed by atoms with Crippen LogP contribution in [0, 0.1) is 19.7 Å². The molecule has 1 aliphatic rings. The summed E-state index contributed by atoms with van der Waals surface area (Å²) in [6.45, 7) is 4.55. The van der Waals surface area contributed by atoms with Gasteiger partial charge in [-0.1, -0.05) is 22.9 Å². The first-order valence-electron chi connectivity index (χ1n) is 8.48. The molecule has 132 valence electrons. The minimum absolute atomic E-state index is 0.0510. The van der Waals surface area contributed by atoms with Crippen LogP contribution in [0.25, 0.3) is 11.5 Å². The molecule has 5 nitrogen and oxygen atoms in total. The van der Waals surface area contributed by atoms with E-state index in [1.807, 2.05) is 26.0 Å². The van der Waals surface area contributed by atoms with E-state index in [9.17, 15) is 9.18 Å². The quantitative estimate of drug-likeness (QED) is 0.715. The van der Waals surface area contributed by atoms with Crippen LogP contribution in [0.5, 0.6) is 0 Å². The molecule has 0 aliphatic carbocycles. The van der Waals surface area contributed by atoms with Crippen LogP contribution in [0.4, 0.5) is 10.1 Å². The Morgan fingerprint density at radius 1 is 1.15 bits per heavy atom. The number of hydrogen-bond acceptors (Lipinski definition) is 4. The van der Waals surface area contributed by atoms with Crippen molar-refractivity contribution in [3.63, 3.8) is 0 Å². The second-order valence-corrected chi connectivity index (χ2v) is 6.66. The van der Waals surface area contributed by atoms with Gasteiger partial charge in [0.15, 0.2) is 5.82 Å². The summed E-state index contributed by atoms with van der Waals surface area (Å²) in [6.07, 6.45) is 0.343. The molecule has 1 atom stereocenters. The molecule has 1 aromatic heterocycles. The van der Waals surface area contributed by atoms with Gasteiger partial charge in [-0.25, -0.2) is 4.39 Å². The number of aromatic nitrogens is 2. The van der Waals surface area contributed by atoms with Crippen molar-refractivity contribution in [3.05, 3.63) is 65.2 Å². The second-order valence-electron chi connectivity index (χ2n) is 6.66. The predicted molar refractivity (Wildman–Crippen MR) is 95.3 cm³/mol. The van der Waals surface area contributed by atoms with Crippen molar-refractivity contribution in [1.82, 2.24) is 10.1 Å². The van der Waals surface area contributed by atoms with Crippen molar-refractivity contribution in [2.45, 2.75) is 26.2 Å². The molecule has 2 heterocycles. The van der Waals surface area contributed by atoms with Crippen molar-refractivity contribution in [1.29, 1.82) is 0 Å². The minimum atomic E-state index is -0.320. The molecule has 0 N–H and O–H groups in total. The number of anilines is 1. The molecule has 1 saturated heterocycles. The highest BCUT2D eigenvalue weighted by molar-refractivity contribution is 5.97. The lowest BCUT2D eigenvalue weighted by Gasteiger charge is -2.19. The second kappa shape index (κ2) is 6.37. The first-order valence-corrected chi connectivity index (χ1v) is 8.48. The summed E-state index contributed by atoms with van der Waals surface area (Å²) in [5.41, 5.74) is 3.81. The average molecular weight is 351 g/mol. The highest BCUT2D eigenvalue weighted by atomic mass is 19.1. The smallest absolute Gasteiger partial charge is 0.257 e. The first kappa shape index (κ1) is 16.4. The zero-order valence-electron chi connectivity index (χ0n) is 14.6. The van der Waals surface area contributed by atoms with Gasteiger partial charge in [0.05, 0.1) is 0 Å². The summed E-state index contributed by atoms with van der Waals surface area (Å²) in [4.78, 5) is 18.7. The molecule has 2 aromatic carbocycles. The van der Waals surface area contributed by atoms with Gasteiger partial charge in [0.25, 0.3) is 5.89 Å². The van der Waals surface area contributed by atoms with Crippen LogP contribution >= 0.6 is 0 Å². The van der Waals surface area contributed by atoms with Crippen LogP contribution in [0.1, 0.15) is 29.3 Å². The van der Waals surface area contributed by atoms with Crippen LogP contribution < -0.4 is 4.90 Å². The monoisotopic (exact) mass is 351 g/mol. The van der Waals surface area contributed by atoms with E-state index in [0.717, 1.165) is 16.8 Å². The first-order chi connectivity index (χ1) is 12.5. The maximum Gasteiger partial charge on any atom is 0.257 e. The minimum Gasteiger partial charge on any atom is -0.334 e. The summed E-state index contributed by atoms with van der Waals surface area (Å²) in [5.74, 6) is 0.442. The maximum atomic E-state index is 13.0. The van der Waals surface area contributed by atoms with E-state index in [2.05, 4.69) is 16.2 Å². The Balaban J connectivity index is 1.56. The Morgan fingerprint density at radius 2 is 1.92 bits per heavy atom. The van der Waals surface area contributed by atoms with Crippen LogP contribution in [0.3, 0.4) is 0 Å². The van der Waals surface area contributed by atoms with Crippen LogP contribution in [0.2, 0.25) is 0 Å². The van der Waals surface area contributed by atoms with Gasteiger partial charge in [-0.15, -0.1) is 0 Å². The Labute approximate surface area is 150 Å². The van der Waals surface area contributed by atoms with Crippen molar-refractivity contribution in [2.75, 3.05) is 11.4 Å². The topological polar surface area (TPSA) is 59.2 Å². The van der Waals surface area contributed by atoms with E-state index in [4.69, 9.17) is 4.52 Å². The van der Waals surface area contributed by atoms with Crippen molar-refractivity contribution in [2.24, 2.45) is 0 Å². The Hall–Kier alpha value is -3.02. The summed E-state index contributed by atoms with van der Waals surface area (Å²) in [6, 6.07) is 11.9. The molecule has 1 aliphatic heterocycles. The molecule has 1 unspecified atom stereocenters. The lowest BCUT2D eigenvalue weighted by Crippen LogP contribution is -2.25. The van der Waals surface area contributed by atoms with E-state index in [1.54, 1.807) is 17.0 Å². The fraction of sp³-hybridized carbons (Fsp3) is 0.250. The summed E-state index contributed by atoms with van der Waals surface area (Å²) < 4.78 is 18.4. The van der Waals surface area contributed by atoms with E-state index < -0.39 is 0 Å². The molecule has 0 spiro atoms. The normalized spacial score (nSPS) is 17.1. The predicted octanol–water partition coefficient (Wildman–Crippen LogP) is 4.01. The molecule has 6 heteroatoms. The molecule has 0 radical (unpaired) electrons. The third-order valence-corrected chi connectivity index (χ3v) is 4.67. The van der Waals surface area contributed by atoms with Crippen LogP contribution in [0.15, 0.2) is 47.0 Å². The number of hydrogen-bond donors (Lipinski definition) is 0. The third-order valence-electron chi connectivity index (χ3n) is 4.67. The van der Waals surface area contributed by atoms with Gasteiger partial charge >= 0.3 is 0 Å². The van der Waals surface area contributed by atoms with E-state index >= 15 is 0 Å². The number of carbonyl (C=O) groups is 1. The molecular weight excluding hydrogens is 333 g/mol. The summed E-state index contributed by atoms with van der Waals surface area (Å²) in [5, 5.41) is 4.04. The van der Waals surface area contributed by atoms with Crippen molar-refractivity contribution < 1.29 is 13.7 Å². The van der Waals surface area contributed by atoms with Crippen molar-refractivity contribution in [3.8, 4) is 11.5 Å². The van der Waals surface area contributed by atoms with Gasteiger partial charge in [0.2, 0.25) is 5.91 Å². The fourth-order valence-corrected chi connectivity index (χ4v) is 3.33. The largest absolute Gasteiger partial charge is 0.334 e. The van der Waals surface area contributed by atoms with Gasteiger partial charge in [-0.05, 0) is 49.7 Å². The number of halogens is 1. The van der Waals surface area contributed by atoms with Gasteiger partial charge in [0, 0.05) is 30.1 Å². The molecule has 26 heavy (non-hydrogen) atoms. The summed E-state index contributed by atoms with van der Waals surface area (Å²) >= 11 is 0. The van der Waals surface area contributed by atoms with E-state index in [-0.39, 0.29) is 17.6 Å². The number of carbonyl (C=O) groups excluding carboxylic acids is 1. The van der Waals surface area contributed by atoms with Gasteiger partial charge in [-0.3, -0.25) is 4.79 Å². The Bertz CT molecular complexity index is 965. The maximum absolute atomic E-state index is 13.0. The zero-order valence-corrected chi connectivity index (χ0v) is 14.6. The molecule has 1 amide bonds. The fourth-order valence-electron chi connectivity index (χ4n) is 3.33. The van der Waals surface area contributed by atoms with Gasteiger partial charge in [-0.2, -0.15) is 4.98 Å². The zero-order chi connectivity index (χ0) is 18.3. The number of benzene rings is 2. The third kappa shape index (κ3) is 2.98. The molecule has 0 bridgehead atoms. The number of aryl methyl sites for hydroxylation is 2. The van der Waals surface area contributed by atoms with Crippen LogP contribution in [-0.4, -0.2) is 22.6 Å². The van der Waals surface area contributed by atoms with Gasteiger partial charge < -0.3 is 9.42 Å². The lowest BCUT2D eigenvalue weighted by atomic mass is 10.1. The Morgan fingerprint density at radius 3 is 2.65 bits per heavy atom. The van der Waals surface area contributed by atoms with E-state index in [0.29, 0.717) is 30.2 Å². The standard InChI is InChI=1S/C20H18FN3O2/c1-12-3-8-17(13(2)9-12)24-11-15(10-18(24)25)19-22-20(26-23-19)14-4-6-16(21)7-5-14/h3-9,15H,10-11H2,1-2H3. The van der Waals surface area contributed by atoms with Crippen LogP contribution in [-0.2, 0) is 4.79 Å². The summed E-state index contributed by atoms with van der Waals surface area (Å²) in [7, 11) is 0. The molecule has 3 aromatic rings. The van der Waals surface area contributed by atoms with E-state index in [1.165, 1.54) is 12.1 Å². The molecule has 1 fully saturated rings. The molecular formula is C20H18FN3O2. The SMILES string of the molecule is Cc1ccc(N2CC(c3noc(-c4ccc(F)cc4)n3)CC2=O)c(C)c1. The number of nitrogens with zero attached hydrogens (tertiary/aromatic N) is 3. The number of rotatable bonds is 3. The molecule has 4 rings (SSSR count). The average Bonchev–Trinajstić information content (AvgIpc) is 3.23. The van der Waals surface area contributed by atoms with Crippen molar-refractivity contribution >= 4 is 11.6 Å². The number of amides is 1. The highest BCUT2D eigenvalue weighted by Gasteiger charge is 2.35. The van der Waals surface area contributed by atoms with Gasteiger partial charge in [0.1, 0.15) is 5.82 Å².